The standard InChI is InChI=1S/C19H19N3O3/c1-19(10-4-5-11-23-19)18-20-17(25-22-18)15-14-9-8-12-6-2-3-7-13(12)16(14)24-21-15/h2-3,6-7H,4-5,8-11H2,1H3. The lowest BCUT2D eigenvalue weighted by Gasteiger charge is -2.30. The van der Waals surface area contributed by atoms with Crippen molar-refractivity contribution in [1.29, 1.82) is 0 Å². The van der Waals surface area contributed by atoms with Crippen LogP contribution in [0.2, 0.25) is 0 Å². The zero-order chi connectivity index (χ0) is 16.9. The van der Waals surface area contributed by atoms with Gasteiger partial charge >= 0.3 is 0 Å². The molecule has 1 aliphatic heterocycles. The van der Waals surface area contributed by atoms with Crippen LogP contribution in [0, 0.1) is 0 Å². The van der Waals surface area contributed by atoms with Gasteiger partial charge in [-0.2, -0.15) is 4.98 Å². The summed E-state index contributed by atoms with van der Waals surface area (Å²) in [4.78, 5) is 4.59. The molecule has 25 heavy (non-hydrogen) atoms. The van der Waals surface area contributed by atoms with Crippen LogP contribution < -0.4 is 0 Å². The van der Waals surface area contributed by atoms with Crippen LogP contribution in [0.25, 0.3) is 22.9 Å². The van der Waals surface area contributed by atoms with E-state index in [2.05, 4.69) is 33.5 Å². The molecule has 2 aliphatic rings. The predicted octanol–water partition coefficient (Wildman–Crippen LogP) is 3.91. The van der Waals surface area contributed by atoms with Gasteiger partial charge in [-0.25, -0.2) is 0 Å². The SMILES string of the molecule is CC1(c2noc(-c3noc4c3CCc3ccccc3-4)n2)CCCCO1. The second-order valence-electron chi connectivity index (χ2n) is 6.96. The molecule has 0 bridgehead atoms. The molecule has 0 radical (unpaired) electrons. The summed E-state index contributed by atoms with van der Waals surface area (Å²) in [6.45, 7) is 2.76. The summed E-state index contributed by atoms with van der Waals surface area (Å²) in [5, 5.41) is 8.40. The maximum absolute atomic E-state index is 5.91. The number of nitrogens with zero attached hydrogens (tertiary/aromatic N) is 3. The minimum Gasteiger partial charge on any atom is -0.367 e. The van der Waals surface area contributed by atoms with Gasteiger partial charge in [-0.05, 0) is 44.6 Å². The van der Waals surface area contributed by atoms with Crippen molar-refractivity contribution in [3.63, 3.8) is 0 Å². The first-order valence-corrected chi connectivity index (χ1v) is 8.80. The van der Waals surface area contributed by atoms with Gasteiger partial charge in [-0.1, -0.05) is 34.6 Å². The van der Waals surface area contributed by atoms with Gasteiger partial charge in [-0.15, -0.1) is 0 Å². The van der Waals surface area contributed by atoms with Crippen molar-refractivity contribution in [2.75, 3.05) is 6.61 Å². The minimum atomic E-state index is -0.476. The molecule has 0 amide bonds. The molecule has 1 fully saturated rings. The third-order valence-corrected chi connectivity index (χ3v) is 5.26. The first kappa shape index (κ1) is 14.8. The summed E-state index contributed by atoms with van der Waals surface area (Å²) in [6.07, 6.45) is 4.90. The molecule has 1 saturated heterocycles. The Morgan fingerprint density at radius 2 is 1.96 bits per heavy atom. The van der Waals surface area contributed by atoms with E-state index in [0.29, 0.717) is 17.4 Å². The molecule has 128 valence electrons. The number of hydrogen-bond donors (Lipinski definition) is 0. The van der Waals surface area contributed by atoms with Crippen LogP contribution in [0.1, 0.15) is 43.1 Å². The highest BCUT2D eigenvalue weighted by molar-refractivity contribution is 5.73. The highest BCUT2D eigenvalue weighted by Gasteiger charge is 2.36. The van der Waals surface area contributed by atoms with Crippen LogP contribution in [-0.2, 0) is 23.2 Å². The van der Waals surface area contributed by atoms with Crippen molar-refractivity contribution < 1.29 is 13.8 Å². The van der Waals surface area contributed by atoms with Gasteiger partial charge < -0.3 is 13.8 Å². The van der Waals surface area contributed by atoms with Crippen molar-refractivity contribution in [2.24, 2.45) is 0 Å². The van der Waals surface area contributed by atoms with Crippen molar-refractivity contribution in [2.45, 2.75) is 44.6 Å². The monoisotopic (exact) mass is 337 g/mol. The molecule has 6 heteroatoms. The number of rotatable bonds is 2. The average Bonchev–Trinajstić information content (AvgIpc) is 3.29. The van der Waals surface area contributed by atoms with Gasteiger partial charge in [0.05, 0.1) is 0 Å². The molecule has 3 aromatic rings. The number of aryl methyl sites for hydroxylation is 1. The first-order valence-electron chi connectivity index (χ1n) is 8.80. The summed E-state index contributed by atoms with van der Waals surface area (Å²) < 4.78 is 17.1. The van der Waals surface area contributed by atoms with Gasteiger partial charge in [-0.3, -0.25) is 0 Å². The molecule has 0 N–H and O–H groups in total. The second-order valence-corrected chi connectivity index (χ2v) is 6.96. The van der Waals surface area contributed by atoms with E-state index in [1.54, 1.807) is 0 Å². The molecule has 0 spiro atoms. The molecule has 2 aromatic heterocycles. The lowest BCUT2D eigenvalue weighted by atomic mass is 9.89. The third kappa shape index (κ3) is 2.32. The molecule has 3 heterocycles. The quantitative estimate of drug-likeness (QED) is 0.706. The van der Waals surface area contributed by atoms with Gasteiger partial charge in [0.1, 0.15) is 5.60 Å². The van der Waals surface area contributed by atoms with Crippen LogP contribution in [0.5, 0.6) is 0 Å². The highest BCUT2D eigenvalue weighted by atomic mass is 16.5. The topological polar surface area (TPSA) is 74.2 Å². The molecule has 1 aromatic carbocycles. The van der Waals surface area contributed by atoms with Crippen molar-refractivity contribution in [1.82, 2.24) is 15.3 Å². The summed E-state index contributed by atoms with van der Waals surface area (Å²) in [5.41, 5.74) is 3.61. The Kier molecular flexibility index (Phi) is 3.28. The summed E-state index contributed by atoms with van der Waals surface area (Å²) in [5.74, 6) is 1.82. The van der Waals surface area contributed by atoms with Gasteiger partial charge in [0.25, 0.3) is 5.89 Å². The fourth-order valence-corrected chi connectivity index (χ4v) is 3.79. The molecule has 5 rings (SSSR count). The fraction of sp³-hybridized carbons (Fsp3) is 0.421. The van der Waals surface area contributed by atoms with Gasteiger partial charge in [0.15, 0.2) is 11.5 Å². The van der Waals surface area contributed by atoms with Crippen LogP contribution in [0.15, 0.2) is 33.3 Å². The molecular formula is C19H19N3O3. The molecule has 1 atom stereocenters. The smallest absolute Gasteiger partial charge is 0.280 e. The first-order chi connectivity index (χ1) is 12.2. The molecule has 1 aliphatic carbocycles. The van der Waals surface area contributed by atoms with Crippen LogP contribution in [0.3, 0.4) is 0 Å². The Morgan fingerprint density at radius 1 is 1.04 bits per heavy atom. The van der Waals surface area contributed by atoms with Crippen LogP contribution >= 0.6 is 0 Å². The van der Waals surface area contributed by atoms with Crippen molar-refractivity contribution in [3.8, 4) is 22.9 Å². The number of aromatic nitrogens is 3. The minimum absolute atomic E-state index is 0.412. The second kappa shape index (κ2) is 5.52. The zero-order valence-corrected chi connectivity index (χ0v) is 14.1. The number of fused-ring (bicyclic) bond motifs is 3. The van der Waals surface area contributed by atoms with E-state index in [0.717, 1.165) is 55.6 Å². The Labute approximate surface area is 145 Å². The van der Waals surface area contributed by atoms with E-state index in [-0.39, 0.29) is 0 Å². The lowest BCUT2D eigenvalue weighted by Crippen LogP contribution is -2.31. The number of benzene rings is 1. The maximum Gasteiger partial charge on any atom is 0.280 e. The highest BCUT2D eigenvalue weighted by Crippen LogP contribution is 2.39. The summed E-state index contributed by atoms with van der Waals surface area (Å²) in [7, 11) is 0. The Balaban J connectivity index is 1.53. The zero-order valence-electron chi connectivity index (χ0n) is 14.1. The van der Waals surface area contributed by atoms with E-state index >= 15 is 0 Å². The Bertz CT molecular complexity index is 922. The molecule has 0 saturated carbocycles. The van der Waals surface area contributed by atoms with E-state index in [4.69, 9.17) is 13.8 Å². The Hall–Kier alpha value is -2.47. The third-order valence-electron chi connectivity index (χ3n) is 5.26. The number of ether oxygens (including phenoxy) is 1. The van der Waals surface area contributed by atoms with E-state index < -0.39 is 5.60 Å². The van der Waals surface area contributed by atoms with E-state index in [1.165, 1.54) is 5.56 Å². The maximum atomic E-state index is 5.91. The molecule has 6 nitrogen and oxygen atoms in total. The predicted molar refractivity (Wildman–Crippen MR) is 89.8 cm³/mol. The van der Waals surface area contributed by atoms with E-state index in [9.17, 15) is 0 Å². The fourth-order valence-electron chi connectivity index (χ4n) is 3.79. The van der Waals surface area contributed by atoms with E-state index in [1.807, 2.05) is 13.0 Å². The summed E-state index contributed by atoms with van der Waals surface area (Å²) >= 11 is 0. The average molecular weight is 337 g/mol. The van der Waals surface area contributed by atoms with Crippen molar-refractivity contribution >= 4 is 0 Å². The molecule has 1 unspecified atom stereocenters. The van der Waals surface area contributed by atoms with Gasteiger partial charge in [0.2, 0.25) is 5.82 Å². The lowest BCUT2D eigenvalue weighted by molar-refractivity contribution is -0.0770. The Morgan fingerprint density at radius 3 is 2.84 bits per heavy atom. The largest absolute Gasteiger partial charge is 0.367 e. The van der Waals surface area contributed by atoms with Crippen LogP contribution in [-0.4, -0.2) is 21.9 Å². The normalized spacial score (nSPS) is 22.4. The van der Waals surface area contributed by atoms with Crippen LogP contribution in [0.4, 0.5) is 0 Å². The molecular weight excluding hydrogens is 318 g/mol. The van der Waals surface area contributed by atoms with Gasteiger partial charge in [0, 0.05) is 17.7 Å². The number of hydrogen-bond acceptors (Lipinski definition) is 6. The summed E-state index contributed by atoms with van der Waals surface area (Å²) in [6, 6.07) is 8.27. The van der Waals surface area contributed by atoms with Crippen molar-refractivity contribution in [3.05, 3.63) is 41.2 Å².